The Bertz CT molecular complexity index is 284. The second-order valence-corrected chi connectivity index (χ2v) is 4.72. The maximum absolute atomic E-state index is 5.72. The van der Waals surface area contributed by atoms with Crippen molar-refractivity contribution in [3.8, 4) is 11.5 Å². The zero-order valence-electron chi connectivity index (χ0n) is 9.91. The molecular formula is C13H19BrO2. The molecule has 0 aromatic heterocycles. The average Bonchev–Trinajstić information content (AvgIpc) is 2.30. The number of rotatable bonds is 7. The van der Waals surface area contributed by atoms with Crippen molar-refractivity contribution >= 4 is 15.9 Å². The molecule has 1 aromatic carbocycles. The minimum absolute atomic E-state index is 0.104. The lowest BCUT2D eigenvalue weighted by Crippen LogP contribution is -2.07. The number of methoxy groups -OCH3 is 1. The Kier molecular flexibility index (Phi) is 6.31. The fraction of sp³-hybridized carbons (Fsp3) is 0.538. The second kappa shape index (κ2) is 7.55. The van der Waals surface area contributed by atoms with Crippen LogP contribution in [0.15, 0.2) is 24.3 Å². The van der Waals surface area contributed by atoms with Crippen molar-refractivity contribution in [2.75, 3.05) is 7.11 Å². The van der Waals surface area contributed by atoms with Crippen LogP contribution >= 0.6 is 15.9 Å². The van der Waals surface area contributed by atoms with Gasteiger partial charge in [0.25, 0.3) is 0 Å². The SMILES string of the molecule is CCCCCC(Br)Oc1ccc(OC)cc1. The highest BCUT2D eigenvalue weighted by Gasteiger charge is 2.05. The Labute approximate surface area is 106 Å². The van der Waals surface area contributed by atoms with Crippen LogP contribution in [0, 0.1) is 0 Å². The number of alkyl halides is 1. The third-order valence-electron chi connectivity index (χ3n) is 2.36. The molecule has 0 bridgehead atoms. The quantitative estimate of drug-likeness (QED) is 0.547. The van der Waals surface area contributed by atoms with Crippen LogP contribution in [-0.4, -0.2) is 12.1 Å². The zero-order chi connectivity index (χ0) is 11.8. The maximum Gasteiger partial charge on any atom is 0.153 e. The molecule has 0 amide bonds. The molecule has 1 aromatic rings. The molecule has 3 heteroatoms. The van der Waals surface area contributed by atoms with Gasteiger partial charge >= 0.3 is 0 Å². The minimum atomic E-state index is 0.104. The summed E-state index contributed by atoms with van der Waals surface area (Å²) in [5.41, 5.74) is 0. The van der Waals surface area contributed by atoms with Crippen LogP contribution in [0.4, 0.5) is 0 Å². The van der Waals surface area contributed by atoms with Crippen molar-refractivity contribution in [1.29, 1.82) is 0 Å². The van der Waals surface area contributed by atoms with Crippen LogP contribution in [0.1, 0.15) is 32.6 Å². The highest BCUT2D eigenvalue weighted by Crippen LogP contribution is 2.21. The summed E-state index contributed by atoms with van der Waals surface area (Å²) in [5, 5.41) is 0.104. The Morgan fingerprint density at radius 1 is 1.12 bits per heavy atom. The molecule has 0 saturated carbocycles. The lowest BCUT2D eigenvalue weighted by atomic mass is 10.2. The molecule has 16 heavy (non-hydrogen) atoms. The predicted octanol–water partition coefficient (Wildman–Crippen LogP) is 4.38. The van der Waals surface area contributed by atoms with E-state index in [1.165, 1.54) is 19.3 Å². The number of hydrogen-bond acceptors (Lipinski definition) is 2. The summed E-state index contributed by atoms with van der Waals surface area (Å²) in [5.74, 6) is 1.73. The van der Waals surface area contributed by atoms with Crippen LogP contribution in [-0.2, 0) is 0 Å². The number of ether oxygens (including phenoxy) is 2. The van der Waals surface area contributed by atoms with E-state index in [1.807, 2.05) is 24.3 Å². The molecule has 0 heterocycles. The molecular weight excluding hydrogens is 268 g/mol. The molecule has 0 aliphatic rings. The van der Waals surface area contributed by atoms with Crippen molar-refractivity contribution in [2.24, 2.45) is 0 Å². The first-order chi connectivity index (χ1) is 7.76. The van der Waals surface area contributed by atoms with Gasteiger partial charge in [0.2, 0.25) is 0 Å². The number of halogens is 1. The summed E-state index contributed by atoms with van der Waals surface area (Å²) in [6, 6.07) is 7.65. The lowest BCUT2D eigenvalue weighted by Gasteiger charge is -2.13. The molecule has 1 unspecified atom stereocenters. The maximum atomic E-state index is 5.72. The van der Waals surface area contributed by atoms with Crippen LogP contribution < -0.4 is 9.47 Å². The van der Waals surface area contributed by atoms with Crippen molar-refractivity contribution in [2.45, 2.75) is 37.6 Å². The van der Waals surface area contributed by atoms with Gasteiger partial charge in [-0.25, -0.2) is 0 Å². The van der Waals surface area contributed by atoms with Gasteiger partial charge in [0.1, 0.15) is 11.5 Å². The molecule has 0 radical (unpaired) electrons. The molecule has 0 aliphatic heterocycles. The van der Waals surface area contributed by atoms with E-state index in [-0.39, 0.29) is 5.01 Å². The number of hydrogen-bond donors (Lipinski definition) is 0. The molecule has 0 saturated heterocycles. The van der Waals surface area contributed by atoms with Crippen molar-refractivity contribution in [3.63, 3.8) is 0 Å². The Hall–Kier alpha value is -0.700. The fourth-order valence-corrected chi connectivity index (χ4v) is 1.96. The van der Waals surface area contributed by atoms with Crippen LogP contribution in [0.5, 0.6) is 11.5 Å². The lowest BCUT2D eigenvalue weighted by molar-refractivity contribution is 0.278. The first-order valence-electron chi connectivity index (χ1n) is 5.71. The van der Waals surface area contributed by atoms with Crippen LogP contribution in [0.3, 0.4) is 0 Å². The molecule has 0 N–H and O–H groups in total. The largest absolute Gasteiger partial charge is 0.497 e. The van der Waals surface area contributed by atoms with Gasteiger partial charge in [-0.1, -0.05) is 19.8 Å². The number of benzene rings is 1. The van der Waals surface area contributed by atoms with Crippen molar-refractivity contribution in [1.82, 2.24) is 0 Å². The summed E-state index contributed by atoms with van der Waals surface area (Å²) in [4.78, 5) is 0. The van der Waals surface area contributed by atoms with Crippen molar-refractivity contribution in [3.05, 3.63) is 24.3 Å². The summed E-state index contributed by atoms with van der Waals surface area (Å²) in [6.07, 6.45) is 4.73. The standard InChI is InChI=1S/C13H19BrO2/c1-3-4-5-6-13(14)16-12-9-7-11(15-2)8-10-12/h7-10,13H,3-6H2,1-2H3. The molecule has 1 atom stereocenters. The molecule has 0 spiro atoms. The number of unbranched alkanes of at least 4 members (excludes halogenated alkanes) is 2. The van der Waals surface area contributed by atoms with Gasteiger partial charge in [0.15, 0.2) is 5.01 Å². The van der Waals surface area contributed by atoms with Gasteiger partial charge in [-0.3, -0.25) is 0 Å². The topological polar surface area (TPSA) is 18.5 Å². The Morgan fingerprint density at radius 2 is 1.75 bits per heavy atom. The minimum Gasteiger partial charge on any atom is -0.497 e. The molecule has 0 aliphatic carbocycles. The first-order valence-corrected chi connectivity index (χ1v) is 6.62. The van der Waals surface area contributed by atoms with E-state index in [0.29, 0.717) is 0 Å². The smallest absolute Gasteiger partial charge is 0.153 e. The van der Waals surface area contributed by atoms with Gasteiger partial charge in [-0.15, -0.1) is 0 Å². The third kappa shape index (κ3) is 4.88. The van der Waals surface area contributed by atoms with E-state index in [4.69, 9.17) is 9.47 Å². The van der Waals surface area contributed by atoms with Gasteiger partial charge in [-0.05, 0) is 53.0 Å². The van der Waals surface area contributed by atoms with E-state index in [1.54, 1.807) is 7.11 Å². The van der Waals surface area contributed by atoms with Gasteiger partial charge in [0, 0.05) is 0 Å². The summed E-state index contributed by atoms with van der Waals surface area (Å²) < 4.78 is 10.8. The highest BCUT2D eigenvalue weighted by atomic mass is 79.9. The van der Waals surface area contributed by atoms with E-state index >= 15 is 0 Å². The fourth-order valence-electron chi connectivity index (χ4n) is 1.42. The van der Waals surface area contributed by atoms with E-state index in [2.05, 4.69) is 22.9 Å². The van der Waals surface area contributed by atoms with Gasteiger partial charge in [-0.2, -0.15) is 0 Å². The summed E-state index contributed by atoms with van der Waals surface area (Å²) in [7, 11) is 1.66. The molecule has 0 fully saturated rings. The first kappa shape index (κ1) is 13.4. The Balaban J connectivity index is 2.34. The van der Waals surface area contributed by atoms with Crippen LogP contribution in [0.2, 0.25) is 0 Å². The Morgan fingerprint density at radius 3 is 2.31 bits per heavy atom. The van der Waals surface area contributed by atoms with E-state index < -0.39 is 0 Å². The molecule has 1 rings (SSSR count). The second-order valence-electron chi connectivity index (χ2n) is 3.70. The zero-order valence-corrected chi connectivity index (χ0v) is 11.5. The van der Waals surface area contributed by atoms with E-state index in [9.17, 15) is 0 Å². The van der Waals surface area contributed by atoms with E-state index in [0.717, 1.165) is 17.9 Å². The summed E-state index contributed by atoms with van der Waals surface area (Å²) in [6.45, 7) is 2.20. The monoisotopic (exact) mass is 286 g/mol. The molecule has 90 valence electrons. The average molecular weight is 287 g/mol. The molecule has 2 nitrogen and oxygen atoms in total. The predicted molar refractivity (Wildman–Crippen MR) is 70.5 cm³/mol. The van der Waals surface area contributed by atoms with Gasteiger partial charge < -0.3 is 9.47 Å². The highest BCUT2D eigenvalue weighted by molar-refractivity contribution is 9.09. The van der Waals surface area contributed by atoms with Crippen molar-refractivity contribution < 1.29 is 9.47 Å². The summed E-state index contributed by atoms with van der Waals surface area (Å²) >= 11 is 3.53. The van der Waals surface area contributed by atoms with Crippen LogP contribution in [0.25, 0.3) is 0 Å². The normalized spacial score (nSPS) is 12.2. The van der Waals surface area contributed by atoms with Gasteiger partial charge in [0.05, 0.1) is 7.11 Å². The third-order valence-corrected chi connectivity index (χ3v) is 3.00.